The summed E-state index contributed by atoms with van der Waals surface area (Å²) < 4.78 is 27.1. The molecule has 1 unspecified atom stereocenters. The van der Waals surface area contributed by atoms with Gasteiger partial charge in [0, 0.05) is 12.6 Å². The molecule has 108 valence electrons. The monoisotopic (exact) mass is 291 g/mol. The van der Waals surface area contributed by atoms with Crippen LogP contribution in [-0.4, -0.2) is 25.3 Å². The topological polar surface area (TPSA) is 37.4 Å². The van der Waals surface area contributed by atoms with Crippen molar-refractivity contribution in [3.63, 3.8) is 0 Å². The lowest BCUT2D eigenvalue weighted by Crippen LogP contribution is -2.42. The summed E-state index contributed by atoms with van der Waals surface area (Å²) >= 11 is 0. The predicted octanol–water partition coefficient (Wildman–Crippen LogP) is 3.28. The molecule has 0 amide bonds. The summed E-state index contributed by atoms with van der Waals surface area (Å²) in [6.45, 7) is 6.18. The average Bonchev–Trinajstić information content (AvgIpc) is 2.46. The standard InChI is InChI=1S/C16H21NO2S/c1-3-4-7-15-8-5-6-13-17(15)20(18,19)16-11-9-14(2)10-12-16/h3-4,7,9-12,15H,1,5-6,8,13H2,2H3/b7-4+. The Labute approximate surface area is 121 Å². The lowest BCUT2D eigenvalue weighted by Gasteiger charge is -2.32. The van der Waals surface area contributed by atoms with E-state index >= 15 is 0 Å². The number of hydrogen-bond acceptors (Lipinski definition) is 2. The van der Waals surface area contributed by atoms with Gasteiger partial charge in [0.2, 0.25) is 10.0 Å². The summed E-state index contributed by atoms with van der Waals surface area (Å²) in [5.74, 6) is 0. The Balaban J connectivity index is 2.32. The third-order valence-electron chi connectivity index (χ3n) is 3.60. The number of rotatable bonds is 4. The van der Waals surface area contributed by atoms with Crippen molar-refractivity contribution in [2.45, 2.75) is 37.1 Å². The van der Waals surface area contributed by atoms with E-state index in [0.717, 1.165) is 24.8 Å². The van der Waals surface area contributed by atoms with Gasteiger partial charge in [0.05, 0.1) is 4.90 Å². The Morgan fingerprint density at radius 3 is 2.60 bits per heavy atom. The van der Waals surface area contributed by atoms with Gasteiger partial charge in [-0.25, -0.2) is 8.42 Å². The highest BCUT2D eigenvalue weighted by Gasteiger charge is 2.31. The van der Waals surface area contributed by atoms with Crippen LogP contribution in [0.4, 0.5) is 0 Å². The zero-order valence-electron chi connectivity index (χ0n) is 11.8. The SMILES string of the molecule is C=C/C=C/C1CCCCN1S(=O)(=O)c1ccc(C)cc1. The Hall–Kier alpha value is -1.39. The molecule has 0 bridgehead atoms. The van der Waals surface area contributed by atoms with Gasteiger partial charge in [0.15, 0.2) is 0 Å². The predicted molar refractivity (Wildman–Crippen MR) is 82.0 cm³/mol. The van der Waals surface area contributed by atoms with Gasteiger partial charge in [-0.2, -0.15) is 4.31 Å². The largest absolute Gasteiger partial charge is 0.243 e. The van der Waals surface area contributed by atoms with Crippen LogP contribution in [0, 0.1) is 6.92 Å². The van der Waals surface area contributed by atoms with E-state index in [1.54, 1.807) is 22.5 Å². The smallest absolute Gasteiger partial charge is 0.207 e. The Morgan fingerprint density at radius 2 is 1.95 bits per heavy atom. The van der Waals surface area contributed by atoms with Crippen molar-refractivity contribution in [3.05, 3.63) is 54.6 Å². The molecule has 1 aliphatic rings. The first-order valence-corrected chi connectivity index (χ1v) is 8.37. The van der Waals surface area contributed by atoms with Crippen LogP contribution >= 0.6 is 0 Å². The maximum atomic E-state index is 12.7. The van der Waals surface area contributed by atoms with E-state index in [4.69, 9.17) is 0 Å². The molecule has 4 heteroatoms. The molecular weight excluding hydrogens is 270 g/mol. The maximum absolute atomic E-state index is 12.7. The molecule has 1 saturated heterocycles. The number of nitrogens with zero attached hydrogens (tertiary/aromatic N) is 1. The molecule has 1 atom stereocenters. The third kappa shape index (κ3) is 3.19. The minimum absolute atomic E-state index is 0.0620. The van der Waals surface area contributed by atoms with Gasteiger partial charge in [0.25, 0.3) is 0 Å². The van der Waals surface area contributed by atoms with Crippen LogP contribution < -0.4 is 0 Å². The molecule has 1 aliphatic heterocycles. The normalized spacial score (nSPS) is 21.1. The van der Waals surface area contributed by atoms with E-state index in [1.165, 1.54) is 0 Å². The highest BCUT2D eigenvalue weighted by atomic mass is 32.2. The third-order valence-corrected chi connectivity index (χ3v) is 5.53. The molecule has 1 aromatic carbocycles. The zero-order chi connectivity index (χ0) is 14.6. The molecule has 20 heavy (non-hydrogen) atoms. The summed E-state index contributed by atoms with van der Waals surface area (Å²) in [7, 11) is -3.41. The highest BCUT2D eigenvalue weighted by Crippen LogP contribution is 2.26. The summed E-state index contributed by atoms with van der Waals surface area (Å²) in [5.41, 5.74) is 1.06. The molecule has 0 spiro atoms. The fourth-order valence-electron chi connectivity index (χ4n) is 2.47. The molecule has 3 nitrogen and oxygen atoms in total. The van der Waals surface area contributed by atoms with Gasteiger partial charge in [-0.3, -0.25) is 0 Å². The summed E-state index contributed by atoms with van der Waals surface area (Å²) in [6.07, 6.45) is 8.29. The summed E-state index contributed by atoms with van der Waals surface area (Å²) in [4.78, 5) is 0.377. The van der Waals surface area contributed by atoms with Gasteiger partial charge in [-0.1, -0.05) is 48.9 Å². The number of sulfonamides is 1. The Kier molecular flexibility index (Phi) is 4.78. The number of allylic oxidation sites excluding steroid dienone is 2. The van der Waals surface area contributed by atoms with Crippen LogP contribution in [0.2, 0.25) is 0 Å². The van der Waals surface area contributed by atoms with E-state index in [9.17, 15) is 8.42 Å². The maximum Gasteiger partial charge on any atom is 0.243 e. The second-order valence-electron chi connectivity index (χ2n) is 5.11. The molecular formula is C16H21NO2S. The molecule has 0 radical (unpaired) electrons. The van der Waals surface area contributed by atoms with E-state index in [0.29, 0.717) is 11.4 Å². The van der Waals surface area contributed by atoms with Crippen molar-refractivity contribution >= 4 is 10.0 Å². The van der Waals surface area contributed by atoms with Crippen LogP contribution in [0.1, 0.15) is 24.8 Å². The molecule has 0 aromatic heterocycles. The van der Waals surface area contributed by atoms with Crippen LogP contribution in [-0.2, 0) is 10.0 Å². The number of aryl methyl sites for hydroxylation is 1. The lowest BCUT2D eigenvalue weighted by molar-refractivity contribution is 0.291. The molecule has 1 aromatic rings. The van der Waals surface area contributed by atoms with Crippen molar-refractivity contribution in [2.24, 2.45) is 0 Å². The fourth-order valence-corrected chi connectivity index (χ4v) is 4.13. The number of hydrogen-bond donors (Lipinski definition) is 0. The lowest BCUT2D eigenvalue weighted by atomic mass is 10.0. The van der Waals surface area contributed by atoms with E-state index in [2.05, 4.69) is 6.58 Å². The summed E-state index contributed by atoms with van der Waals surface area (Å²) in [6, 6.07) is 6.99. The van der Waals surface area contributed by atoms with Crippen molar-refractivity contribution in [3.8, 4) is 0 Å². The van der Waals surface area contributed by atoms with Crippen LogP contribution in [0.15, 0.2) is 54.0 Å². The minimum Gasteiger partial charge on any atom is -0.207 e. The van der Waals surface area contributed by atoms with Crippen LogP contribution in [0.25, 0.3) is 0 Å². The van der Waals surface area contributed by atoms with E-state index < -0.39 is 10.0 Å². The molecule has 2 rings (SSSR count). The Bertz CT molecular complexity index is 587. The quantitative estimate of drug-likeness (QED) is 0.798. The van der Waals surface area contributed by atoms with E-state index in [1.807, 2.05) is 31.2 Å². The molecule has 0 aliphatic carbocycles. The van der Waals surface area contributed by atoms with Crippen molar-refractivity contribution in [1.29, 1.82) is 0 Å². The summed E-state index contributed by atoms with van der Waals surface area (Å²) in [5, 5.41) is 0. The van der Waals surface area contributed by atoms with Crippen molar-refractivity contribution in [2.75, 3.05) is 6.54 Å². The van der Waals surface area contributed by atoms with Gasteiger partial charge < -0.3 is 0 Å². The number of piperidine rings is 1. The van der Waals surface area contributed by atoms with Crippen LogP contribution in [0.3, 0.4) is 0 Å². The van der Waals surface area contributed by atoms with Crippen molar-refractivity contribution in [1.82, 2.24) is 4.31 Å². The van der Waals surface area contributed by atoms with Gasteiger partial charge >= 0.3 is 0 Å². The van der Waals surface area contributed by atoms with Crippen LogP contribution in [0.5, 0.6) is 0 Å². The van der Waals surface area contributed by atoms with E-state index in [-0.39, 0.29) is 6.04 Å². The molecule has 1 heterocycles. The highest BCUT2D eigenvalue weighted by molar-refractivity contribution is 7.89. The molecule has 0 N–H and O–H groups in total. The first-order chi connectivity index (χ1) is 9.55. The number of benzene rings is 1. The van der Waals surface area contributed by atoms with Gasteiger partial charge in [-0.15, -0.1) is 0 Å². The zero-order valence-corrected chi connectivity index (χ0v) is 12.6. The second kappa shape index (κ2) is 6.37. The van der Waals surface area contributed by atoms with Gasteiger partial charge in [0.1, 0.15) is 0 Å². The average molecular weight is 291 g/mol. The first kappa shape index (κ1) is 15.0. The van der Waals surface area contributed by atoms with Crippen molar-refractivity contribution < 1.29 is 8.42 Å². The molecule has 0 saturated carbocycles. The fraction of sp³-hybridized carbons (Fsp3) is 0.375. The first-order valence-electron chi connectivity index (χ1n) is 6.93. The second-order valence-corrected chi connectivity index (χ2v) is 7.00. The minimum atomic E-state index is -3.41. The Morgan fingerprint density at radius 1 is 1.25 bits per heavy atom. The molecule has 1 fully saturated rings. The van der Waals surface area contributed by atoms with Gasteiger partial charge in [-0.05, 0) is 31.9 Å².